The maximum atomic E-state index is 10.00. The van der Waals surface area contributed by atoms with E-state index < -0.39 is 6.23 Å². The molecular weight excluding hydrogens is 352 g/mol. The Balaban J connectivity index is 1.82. The lowest BCUT2D eigenvalue weighted by Crippen LogP contribution is -2.19. The molecule has 4 aromatic rings. The number of benzene rings is 2. The molecule has 0 saturated carbocycles. The topological polar surface area (TPSA) is 87.9 Å². The molecule has 0 bridgehead atoms. The highest BCUT2D eigenvalue weighted by Gasteiger charge is 2.15. The molecule has 0 spiro atoms. The summed E-state index contributed by atoms with van der Waals surface area (Å²) in [7, 11) is 0. The van der Waals surface area contributed by atoms with Crippen LogP contribution in [0.5, 0.6) is 0 Å². The first kappa shape index (κ1) is 17.9. The molecule has 0 aliphatic heterocycles. The fraction of sp³-hybridized carbons (Fsp3) is 0.190. The zero-order valence-electron chi connectivity index (χ0n) is 15.8. The van der Waals surface area contributed by atoms with Gasteiger partial charge in [-0.05, 0) is 37.6 Å². The third kappa shape index (κ3) is 3.65. The summed E-state index contributed by atoms with van der Waals surface area (Å²) in [5.74, 6) is 0.969. The molecule has 0 saturated heterocycles. The average Bonchev–Trinajstić information content (AvgIpc) is 3.14. The number of aliphatic hydroxyl groups is 1. The Hall–Kier alpha value is -3.45. The second-order valence-corrected chi connectivity index (χ2v) is 6.58. The number of nitrogens with one attached hydrogen (secondary N) is 2. The second-order valence-electron chi connectivity index (χ2n) is 6.58. The van der Waals surface area contributed by atoms with E-state index in [1.807, 2.05) is 68.4 Å². The molecule has 0 aliphatic carbocycles. The maximum absolute atomic E-state index is 10.00. The molecule has 2 heterocycles. The van der Waals surface area contributed by atoms with Gasteiger partial charge in [0.15, 0.2) is 5.65 Å². The SMILES string of the molecule is CC[C@H](O)Nc1nc(Nc2ccc(C)cc2)c2cnn(-c3ccccc3)c2n1. The lowest BCUT2D eigenvalue weighted by molar-refractivity contribution is 0.198. The Morgan fingerprint density at radius 3 is 2.50 bits per heavy atom. The molecule has 28 heavy (non-hydrogen) atoms. The first-order valence-electron chi connectivity index (χ1n) is 9.23. The van der Waals surface area contributed by atoms with Crippen LogP contribution in [0.4, 0.5) is 17.5 Å². The van der Waals surface area contributed by atoms with E-state index in [0.717, 1.165) is 16.8 Å². The normalized spacial score (nSPS) is 12.1. The van der Waals surface area contributed by atoms with E-state index in [-0.39, 0.29) is 0 Å². The molecular formula is C21H22N6O. The Labute approximate surface area is 163 Å². The summed E-state index contributed by atoms with van der Waals surface area (Å²) in [5.41, 5.74) is 3.66. The quantitative estimate of drug-likeness (QED) is 0.442. The standard InChI is InChI=1S/C21H22N6O/c1-3-18(28)24-21-25-19(23-15-11-9-14(2)10-12-15)17-13-22-27(20(17)26-21)16-7-5-4-6-8-16/h4-13,18,28H,3H2,1-2H3,(H2,23,24,25,26)/t18-/m0/s1. The molecule has 3 N–H and O–H groups in total. The summed E-state index contributed by atoms with van der Waals surface area (Å²) in [6.45, 7) is 3.93. The first-order valence-corrected chi connectivity index (χ1v) is 9.23. The molecule has 2 aromatic heterocycles. The number of para-hydroxylation sites is 1. The van der Waals surface area contributed by atoms with Crippen molar-refractivity contribution >= 4 is 28.5 Å². The molecule has 0 aliphatic rings. The second kappa shape index (κ2) is 7.66. The van der Waals surface area contributed by atoms with Crippen LogP contribution in [0.15, 0.2) is 60.8 Å². The van der Waals surface area contributed by atoms with Crippen molar-refractivity contribution in [2.45, 2.75) is 26.5 Å². The van der Waals surface area contributed by atoms with Gasteiger partial charge in [0.1, 0.15) is 12.0 Å². The number of aryl methyl sites for hydroxylation is 1. The van der Waals surface area contributed by atoms with Gasteiger partial charge in [0.2, 0.25) is 5.95 Å². The number of aliphatic hydroxyl groups excluding tert-OH is 1. The Kier molecular flexibility index (Phi) is 4.90. The van der Waals surface area contributed by atoms with Gasteiger partial charge in [0, 0.05) is 5.69 Å². The van der Waals surface area contributed by atoms with Gasteiger partial charge in [0.05, 0.1) is 17.3 Å². The zero-order valence-corrected chi connectivity index (χ0v) is 15.8. The smallest absolute Gasteiger partial charge is 0.228 e. The van der Waals surface area contributed by atoms with Crippen LogP contribution in [0, 0.1) is 6.92 Å². The van der Waals surface area contributed by atoms with Crippen molar-refractivity contribution in [2.24, 2.45) is 0 Å². The van der Waals surface area contributed by atoms with Crippen LogP contribution in [-0.4, -0.2) is 31.1 Å². The summed E-state index contributed by atoms with van der Waals surface area (Å²) < 4.78 is 1.76. The number of rotatable bonds is 6. The molecule has 0 amide bonds. The molecule has 7 heteroatoms. The number of fused-ring (bicyclic) bond motifs is 1. The Morgan fingerprint density at radius 1 is 1.04 bits per heavy atom. The summed E-state index contributed by atoms with van der Waals surface area (Å²) in [5, 5.41) is 21.6. The van der Waals surface area contributed by atoms with Crippen LogP contribution >= 0.6 is 0 Å². The van der Waals surface area contributed by atoms with Gasteiger partial charge in [0.25, 0.3) is 0 Å². The molecule has 7 nitrogen and oxygen atoms in total. The maximum Gasteiger partial charge on any atom is 0.228 e. The van der Waals surface area contributed by atoms with Crippen molar-refractivity contribution in [3.63, 3.8) is 0 Å². The lowest BCUT2D eigenvalue weighted by Gasteiger charge is -2.13. The van der Waals surface area contributed by atoms with Gasteiger partial charge >= 0.3 is 0 Å². The van der Waals surface area contributed by atoms with E-state index >= 15 is 0 Å². The van der Waals surface area contributed by atoms with Crippen molar-refractivity contribution in [3.05, 3.63) is 66.4 Å². The molecule has 0 radical (unpaired) electrons. The lowest BCUT2D eigenvalue weighted by atomic mass is 10.2. The van der Waals surface area contributed by atoms with Crippen LogP contribution < -0.4 is 10.6 Å². The third-order valence-corrected chi connectivity index (χ3v) is 4.43. The molecule has 4 rings (SSSR count). The van der Waals surface area contributed by atoms with Gasteiger partial charge < -0.3 is 15.7 Å². The molecule has 0 fully saturated rings. The Morgan fingerprint density at radius 2 is 1.79 bits per heavy atom. The van der Waals surface area contributed by atoms with E-state index in [2.05, 4.69) is 25.7 Å². The summed E-state index contributed by atoms with van der Waals surface area (Å²) in [6.07, 6.45) is 1.57. The van der Waals surface area contributed by atoms with Gasteiger partial charge in [-0.15, -0.1) is 0 Å². The van der Waals surface area contributed by atoms with Gasteiger partial charge in [-0.2, -0.15) is 15.1 Å². The summed E-state index contributed by atoms with van der Waals surface area (Å²) in [4.78, 5) is 9.16. The summed E-state index contributed by atoms with van der Waals surface area (Å²) in [6, 6.07) is 17.9. The highest BCUT2D eigenvalue weighted by Crippen LogP contribution is 2.27. The van der Waals surface area contributed by atoms with Crippen LogP contribution in [0.3, 0.4) is 0 Å². The van der Waals surface area contributed by atoms with Gasteiger partial charge in [-0.3, -0.25) is 0 Å². The number of hydrogen-bond acceptors (Lipinski definition) is 6. The van der Waals surface area contributed by atoms with Crippen molar-refractivity contribution in [2.75, 3.05) is 10.6 Å². The van der Waals surface area contributed by atoms with E-state index in [1.165, 1.54) is 5.56 Å². The highest BCUT2D eigenvalue weighted by molar-refractivity contribution is 5.90. The molecule has 0 unspecified atom stereocenters. The number of anilines is 3. The van der Waals surface area contributed by atoms with E-state index in [9.17, 15) is 5.11 Å². The summed E-state index contributed by atoms with van der Waals surface area (Å²) >= 11 is 0. The highest BCUT2D eigenvalue weighted by atomic mass is 16.3. The Bertz CT molecular complexity index is 1080. The fourth-order valence-electron chi connectivity index (χ4n) is 2.85. The van der Waals surface area contributed by atoms with E-state index in [4.69, 9.17) is 0 Å². The number of hydrogen-bond donors (Lipinski definition) is 3. The molecule has 1 atom stereocenters. The predicted octanol–water partition coefficient (Wildman–Crippen LogP) is 4.01. The minimum Gasteiger partial charge on any atom is -0.374 e. The van der Waals surface area contributed by atoms with Crippen molar-refractivity contribution in [1.29, 1.82) is 0 Å². The van der Waals surface area contributed by atoms with Crippen LogP contribution in [0.1, 0.15) is 18.9 Å². The number of nitrogens with zero attached hydrogens (tertiary/aromatic N) is 4. The minimum absolute atomic E-state index is 0.342. The average molecular weight is 374 g/mol. The van der Waals surface area contributed by atoms with Crippen molar-refractivity contribution in [1.82, 2.24) is 19.7 Å². The minimum atomic E-state index is -0.724. The first-order chi connectivity index (χ1) is 13.6. The predicted molar refractivity (Wildman–Crippen MR) is 111 cm³/mol. The zero-order chi connectivity index (χ0) is 19.5. The van der Waals surface area contributed by atoms with Crippen molar-refractivity contribution in [3.8, 4) is 5.69 Å². The number of aromatic nitrogens is 4. The van der Waals surface area contributed by atoms with Crippen LogP contribution in [0.25, 0.3) is 16.7 Å². The largest absolute Gasteiger partial charge is 0.374 e. The third-order valence-electron chi connectivity index (χ3n) is 4.43. The monoisotopic (exact) mass is 374 g/mol. The van der Waals surface area contributed by atoms with Gasteiger partial charge in [-0.1, -0.05) is 42.8 Å². The molecule has 2 aromatic carbocycles. The van der Waals surface area contributed by atoms with Gasteiger partial charge in [-0.25, -0.2) is 4.68 Å². The molecule has 142 valence electrons. The fourth-order valence-corrected chi connectivity index (χ4v) is 2.85. The van der Waals surface area contributed by atoms with Crippen molar-refractivity contribution < 1.29 is 5.11 Å². The van der Waals surface area contributed by atoms with E-state index in [1.54, 1.807) is 10.9 Å². The van der Waals surface area contributed by atoms with Crippen LogP contribution in [0.2, 0.25) is 0 Å². The van der Waals surface area contributed by atoms with Crippen LogP contribution in [-0.2, 0) is 0 Å². The van der Waals surface area contributed by atoms with E-state index in [0.29, 0.717) is 23.8 Å².